The quantitative estimate of drug-likeness (QED) is 0.332. The number of methoxy groups -OCH3 is 1. The molecule has 0 aliphatic carbocycles. The third-order valence-corrected chi connectivity index (χ3v) is 5.11. The van der Waals surface area contributed by atoms with E-state index in [9.17, 15) is 9.59 Å². The first-order valence-electron chi connectivity index (χ1n) is 9.33. The largest absolute Gasteiger partial charge is 0.469 e. The summed E-state index contributed by atoms with van der Waals surface area (Å²) in [5, 5.41) is 9.50. The number of nitrogens with zero attached hydrogens (tertiary/aromatic N) is 2. The number of hydrogen-bond acceptors (Lipinski definition) is 5. The third-order valence-electron chi connectivity index (χ3n) is 4.23. The van der Waals surface area contributed by atoms with Crippen molar-refractivity contribution in [1.82, 2.24) is 15.1 Å². The summed E-state index contributed by atoms with van der Waals surface area (Å²) in [5.74, 6) is -0.482. The highest BCUT2D eigenvalue weighted by atomic mass is 32.1. The van der Waals surface area contributed by atoms with E-state index in [1.165, 1.54) is 13.2 Å². The predicted octanol–water partition coefficient (Wildman–Crippen LogP) is 3.74. The Hall–Kier alpha value is -3.19. The molecular weight excluding hydrogens is 386 g/mol. The van der Waals surface area contributed by atoms with Gasteiger partial charge in [-0.1, -0.05) is 36.4 Å². The van der Waals surface area contributed by atoms with E-state index >= 15 is 0 Å². The summed E-state index contributed by atoms with van der Waals surface area (Å²) in [6.07, 6.45) is 6.05. The van der Waals surface area contributed by atoms with Crippen LogP contribution in [-0.4, -0.2) is 35.3 Å². The molecule has 29 heavy (non-hydrogen) atoms. The lowest BCUT2D eigenvalue weighted by Gasteiger charge is -2.01. The van der Waals surface area contributed by atoms with E-state index in [0.717, 1.165) is 21.7 Å². The minimum absolute atomic E-state index is 0.206. The maximum atomic E-state index is 12.1. The number of carbonyl (C=O) groups excluding carboxylic acids is 2. The second-order valence-corrected chi connectivity index (χ2v) is 7.35. The van der Waals surface area contributed by atoms with Gasteiger partial charge in [0, 0.05) is 30.8 Å². The maximum Gasteiger partial charge on any atom is 0.305 e. The van der Waals surface area contributed by atoms with Gasteiger partial charge in [0.15, 0.2) is 0 Å². The molecule has 1 N–H and O–H groups in total. The molecule has 3 aromatic rings. The van der Waals surface area contributed by atoms with Crippen molar-refractivity contribution in [2.75, 3.05) is 13.7 Å². The Morgan fingerprint density at radius 3 is 2.76 bits per heavy atom. The fourth-order valence-electron chi connectivity index (χ4n) is 2.79. The van der Waals surface area contributed by atoms with Gasteiger partial charge in [0.2, 0.25) is 5.91 Å². The highest BCUT2D eigenvalue weighted by Gasteiger charge is 2.11. The summed E-state index contributed by atoms with van der Waals surface area (Å²) in [6, 6.07) is 14.1. The standard InChI is InChI=1S/C22H23N3O3S/c1-28-21(27)10-5-13-23-20(26)12-11-18-16-25(15-17-7-3-2-4-8-17)24-22(18)19-9-6-14-29-19/h2-4,6-9,11-12,14,16H,5,10,13,15H2,1H3,(H,23,26)/b12-11+. The highest BCUT2D eigenvalue weighted by Crippen LogP contribution is 2.27. The number of amides is 1. The van der Waals surface area contributed by atoms with Crippen LogP contribution in [0.1, 0.15) is 24.0 Å². The van der Waals surface area contributed by atoms with Gasteiger partial charge in [-0.2, -0.15) is 5.10 Å². The van der Waals surface area contributed by atoms with Gasteiger partial charge in [0.1, 0.15) is 5.69 Å². The van der Waals surface area contributed by atoms with E-state index in [1.54, 1.807) is 17.4 Å². The van der Waals surface area contributed by atoms with Crippen molar-refractivity contribution in [3.63, 3.8) is 0 Å². The van der Waals surface area contributed by atoms with Crippen LogP contribution in [0.3, 0.4) is 0 Å². The first-order chi connectivity index (χ1) is 14.2. The van der Waals surface area contributed by atoms with Crippen LogP contribution in [0, 0.1) is 0 Å². The highest BCUT2D eigenvalue weighted by molar-refractivity contribution is 7.13. The van der Waals surface area contributed by atoms with Gasteiger partial charge in [-0.15, -0.1) is 11.3 Å². The lowest BCUT2D eigenvalue weighted by molar-refractivity contribution is -0.140. The average Bonchev–Trinajstić information content (AvgIpc) is 3.40. The first kappa shape index (κ1) is 20.5. The average molecular weight is 410 g/mol. The Balaban J connectivity index is 1.67. The topological polar surface area (TPSA) is 73.2 Å². The molecule has 3 rings (SSSR count). The summed E-state index contributed by atoms with van der Waals surface area (Å²) in [4.78, 5) is 24.2. The molecular formula is C22H23N3O3S. The Morgan fingerprint density at radius 2 is 2.03 bits per heavy atom. The van der Waals surface area contributed by atoms with Crippen molar-refractivity contribution in [2.45, 2.75) is 19.4 Å². The second-order valence-electron chi connectivity index (χ2n) is 6.40. The van der Waals surface area contributed by atoms with E-state index in [2.05, 4.69) is 22.2 Å². The van der Waals surface area contributed by atoms with Crippen LogP contribution in [0.2, 0.25) is 0 Å². The molecule has 150 valence electrons. The van der Waals surface area contributed by atoms with Crippen molar-refractivity contribution in [3.8, 4) is 10.6 Å². The molecule has 6 nitrogen and oxygen atoms in total. The minimum Gasteiger partial charge on any atom is -0.469 e. The number of nitrogens with one attached hydrogen (secondary N) is 1. The summed E-state index contributed by atoms with van der Waals surface area (Å²) in [7, 11) is 1.35. The van der Waals surface area contributed by atoms with Crippen LogP contribution < -0.4 is 5.32 Å². The molecule has 0 aliphatic rings. The zero-order valence-electron chi connectivity index (χ0n) is 16.2. The molecule has 0 spiro atoms. The van der Waals surface area contributed by atoms with Crippen LogP contribution in [-0.2, 0) is 20.9 Å². The van der Waals surface area contributed by atoms with Gasteiger partial charge in [-0.3, -0.25) is 14.3 Å². The Morgan fingerprint density at radius 1 is 1.21 bits per heavy atom. The number of hydrogen-bond donors (Lipinski definition) is 1. The van der Waals surface area contributed by atoms with E-state index in [4.69, 9.17) is 5.10 Å². The molecule has 1 amide bonds. The first-order valence-corrected chi connectivity index (χ1v) is 10.2. The lowest BCUT2D eigenvalue weighted by atomic mass is 10.2. The third kappa shape index (κ3) is 6.15. The molecule has 2 aromatic heterocycles. The maximum absolute atomic E-state index is 12.1. The van der Waals surface area contributed by atoms with Gasteiger partial charge in [0.25, 0.3) is 0 Å². The predicted molar refractivity (Wildman–Crippen MR) is 114 cm³/mol. The van der Waals surface area contributed by atoms with E-state index < -0.39 is 0 Å². The van der Waals surface area contributed by atoms with Crippen LogP contribution in [0.4, 0.5) is 0 Å². The van der Waals surface area contributed by atoms with Crippen molar-refractivity contribution in [3.05, 3.63) is 71.2 Å². The molecule has 0 radical (unpaired) electrons. The van der Waals surface area contributed by atoms with Gasteiger partial charge in [0.05, 0.1) is 18.5 Å². The van der Waals surface area contributed by atoms with Crippen molar-refractivity contribution in [2.24, 2.45) is 0 Å². The molecule has 1 aromatic carbocycles. The fourth-order valence-corrected chi connectivity index (χ4v) is 3.52. The van der Waals surface area contributed by atoms with E-state index in [0.29, 0.717) is 19.5 Å². The Labute approximate surface area is 173 Å². The van der Waals surface area contributed by atoms with Crippen LogP contribution in [0.5, 0.6) is 0 Å². The summed E-state index contributed by atoms with van der Waals surface area (Å²) < 4.78 is 6.47. The summed E-state index contributed by atoms with van der Waals surface area (Å²) >= 11 is 1.61. The van der Waals surface area contributed by atoms with Gasteiger partial charge in [-0.05, 0) is 29.5 Å². The molecule has 0 bridgehead atoms. The molecule has 0 atom stereocenters. The Kier molecular flexibility index (Phi) is 7.35. The molecule has 0 aliphatic heterocycles. The van der Waals surface area contributed by atoms with Crippen LogP contribution >= 0.6 is 11.3 Å². The number of esters is 1. The molecule has 0 saturated carbocycles. The van der Waals surface area contributed by atoms with Gasteiger partial charge < -0.3 is 10.1 Å². The molecule has 0 unspecified atom stereocenters. The Bertz CT molecular complexity index is 963. The normalized spacial score (nSPS) is 10.9. The fraction of sp³-hybridized carbons (Fsp3) is 0.227. The number of thiophene rings is 1. The summed E-state index contributed by atoms with van der Waals surface area (Å²) in [5.41, 5.74) is 2.89. The molecule has 0 saturated heterocycles. The van der Waals surface area contributed by atoms with E-state index in [-0.39, 0.29) is 18.3 Å². The van der Waals surface area contributed by atoms with Crippen molar-refractivity contribution < 1.29 is 14.3 Å². The summed E-state index contributed by atoms with van der Waals surface area (Å²) in [6.45, 7) is 1.08. The van der Waals surface area contributed by atoms with Crippen LogP contribution in [0.15, 0.2) is 60.1 Å². The molecule has 0 fully saturated rings. The lowest BCUT2D eigenvalue weighted by Crippen LogP contribution is -2.22. The minimum atomic E-state index is -0.277. The molecule has 7 heteroatoms. The smallest absolute Gasteiger partial charge is 0.305 e. The number of aromatic nitrogens is 2. The van der Waals surface area contributed by atoms with Gasteiger partial charge >= 0.3 is 5.97 Å². The number of benzene rings is 1. The number of carbonyl (C=O) groups is 2. The van der Waals surface area contributed by atoms with Crippen LogP contribution in [0.25, 0.3) is 16.6 Å². The SMILES string of the molecule is COC(=O)CCCNC(=O)/C=C/c1cn(Cc2ccccc2)nc1-c1cccs1. The van der Waals surface area contributed by atoms with E-state index in [1.807, 2.05) is 46.6 Å². The number of rotatable bonds is 9. The van der Waals surface area contributed by atoms with Gasteiger partial charge in [-0.25, -0.2) is 0 Å². The van der Waals surface area contributed by atoms with Crippen molar-refractivity contribution in [1.29, 1.82) is 0 Å². The van der Waals surface area contributed by atoms with Crippen molar-refractivity contribution >= 4 is 29.3 Å². The zero-order chi connectivity index (χ0) is 20.5. The molecule has 2 heterocycles. The zero-order valence-corrected chi connectivity index (χ0v) is 17.0. The monoisotopic (exact) mass is 409 g/mol. The second kappa shape index (κ2) is 10.4. The number of ether oxygens (including phenoxy) is 1.